The van der Waals surface area contributed by atoms with Gasteiger partial charge in [-0.1, -0.05) is 11.6 Å². The van der Waals surface area contributed by atoms with E-state index in [1.807, 2.05) is 0 Å². The van der Waals surface area contributed by atoms with Crippen molar-refractivity contribution in [3.8, 4) is 0 Å². The van der Waals surface area contributed by atoms with Crippen LogP contribution in [-0.4, -0.2) is 61.8 Å². The van der Waals surface area contributed by atoms with Gasteiger partial charge in [0.2, 0.25) is 5.91 Å². The van der Waals surface area contributed by atoms with E-state index in [-0.39, 0.29) is 37.4 Å². The van der Waals surface area contributed by atoms with E-state index < -0.39 is 6.10 Å². The topological polar surface area (TPSA) is 99.2 Å². The van der Waals surface area contributed by atoms with Crippen LogP contribution in [0.15, 0.2) is 36.4 Å². The minimum atomic E-state index is -0.964. The Morgan fingerprint density at radius 3 is 2.63 bits per heavy atom. The van der Waals surface area contributed by atoms with E-state index in [2.05, 4.69) is 5.32 Å². The van der Waals surface area contributed by atoms with Gasteiger partial charge in [0.05, 0.1) is 28.5 Å². The van der Waals surface area contributed by atoms with Gasteiger partial charge < -0.3 is 25.0 Å². The molecule has 160 valence electrons. The molecule has 1 aliphatic heterocycles. The summed E-state index contributed by atoms with van der Waals surface area (Å²) in [4.78, 5) is 39.6. The second kappa shape index (κ2) is 10.0. The van der Waals surface area contributed by atoms with Crippen molar-refractivity contribution < 1.29 is 24.2 Å². The third kappa shape index (κ3) is 5.57. The first kappa shape index (κ1) is 22.2. The fourth-order valence-electron chi connectivity index (χ4n) is 3.03. The van der Waals surface area contributed by atoms with Crippen molar-refractivity contribution >= 4 is 52.0 Å². The Kier molecular flexibility index (Phi) is 7.43. The molecule has 8 nitrogen and oxygen atoms in total. The van der Waals surface area contributed by atoms with Crippen LogP contribution >= 0.6 is 22.9 Å². The van der Waals surface area contributed by atoms with Gasteiger partial charge in [-0.05, 0) is 36.4 Å². The highest BCUT2D eigenvalue weighted by molar-refractivity contribution is 7.18. The van der Waals surface area contributed by atoms with Crippen molar-refractivity contribution in [2.45, 2.75) is 13.0 Å². The first-order valence-corrected chi connectivity index (χ1v) is 10.5. The monoisotopic (exact) mass is 451 g/mol. The van der Waals surface area contributed by atoms with Crippen LogP contribution in [0.25, 0.3) is 0 Å². The number of anilines is 2. The normalized spacial score (nSPS) is 15.0. The number of ether oxygens (including phenoxy) is 1. The molecule has 0 radical (unpaired) electrons. The lowest BCUT2D eigenvalue weighted by molar-refractivity contribution is -0.125. The average Bonchev–Trinajstić information content (AvgIpc) is 3.17. The van der Waals surface area contributed by atoms with Crippen LogP contribution in [0.1, 0.15) is 16.6 Å². The van der Waals surface area contributed by atoms with Crippen LogP contribution in [0.2, 0.25) is 4.34 Å². The molecule has 0 unspecified atom stereocenters. The molecule has 1 aromatic heterocycles. The van der Waals surface area contributed by atoms with Gasteiger partial charge in [-0.3, -0.25) is 14.4 Å². The quantitative estimate of drug-likeness (QED) is 0.670. The molecule has 1 saturated heterocycles. The summed E-state index contributed by atoms with van der Waals surface area (Å²) in [7, 11) is 0. The third-order valence-corrected chi connectivity index (χ3v) is 5.76. The minimum Gasteiger partial charge on any atom is -0.389 e. The Balaban J connectivity index is 1.60. The lowest BCUT2D eigenvalue weighted by atomic mass is 10.2. The van der Waals surface area contributed by atoms with Crippen LogP contribution in [0.4, 0.5) is 11.4 Å². The van der Waals surface area contributed by atoms with E-state index in [0.29, 0.717) is 28.1 Å². The smallest absolute Gasteiger partial charge is 0.261 e. The number of amides is 3. The van der Waals surface area contributed by atoms with Crippen molar-refractivity contribution in [2.75, 3.05) is 42.6 Å². The SMILES string of the molecule is CC(=O)N(C[C@@H](O)CNC(=O)c1ccc(Cl)s1)c1ccc(N2CCOCC2=O)cc1. The van der Waals surface area contributed by atoms with E-state index in [9.17, 15) is 19.5 Å². The van der Waals surface area contributed by atoms with Gasteiger partial charge >= 0.3 is 0 Å². The number of thiophene rings is 1. The Labute approximate surface area is 183 Å². The summed E-state index contributed by atoms with van der Waals surface area (Å²) in [5, 5.41) is 13.0. The molecule has 1 aromatic carbocycles. The molecule has 2 heterocycles. The number of hydrogen-bond donors (Lipinski definition) is 2. The number of benzene rings is 1. The molecule has 3 rings (SSSR count). The molecule has 0 spiro atoms. The predicted molar refractivity (Wildman–Crippen MR) is 115 cm³/mol. The number of carbonyl (C=O) groups excluding carboxylic acids is 3. The summed E-state index contributed by atoms with van der Waals surface area (Å²) in [6.07, 6.45) is -0.964. The molecule has 30 heavy (non-hydrogen) atoms. The van der Waals surface area contributed by atoms with Gasteiger partial charge in [-0.2, -0.15) is 0 Å². The number of nitrogens with one attached hydrogen (secondary N) is 1. The van der Waals surface area contributed by atoms with Crippen LogP contribution in [0, 0.1) is 0 Å². The fraction of sp³-hybridized carbons (Fsp3) is 0.350. The van der Waals surface area contributed by atoms with E-state index in [1.165, 1.54) is 11.8 Å². The van der Waals surface area contributed by atoms with Crippen molar-refractivity contribution in [1.29, 1.82) is 0 Å². The highest BCUT2D eigenvalue weighted by Crippen LogP contribution is 2.23. The van der Waals surface area contributed by atoms with Gasteiger partial charge in [0.25, 0.3) is 11.8 Å². The highest BCUT2D eigenvalue weighted by atomic mass is 35.5. The van der Waals surface area contributed by atoms with Crippen molar-refractivity contribution in [2.24, 2.45) is 0 Å². The summed E-state index contributed by atoms with van der Waals surface area (Å²) in [5.41, 5.74) is 1.31. The number of carbonyl (C=O) groups is 3. The molecule has 1 fully saturated rings. The zero-order chi connectivity index (χ0) is 21.7. The summed E-state index contributed by atoms with van der Waals surface area (Å²) >= 11 is 6.97. The molecule has 1 atom stereocenters. The van der Waals surface area contributed by atoms with Gasteiger partial charge in [0.15, 0.2) is 0 Å². The van der Waals surface area contributed by atoms with Gasteiger partial charge in [0, 0.05) is 31.4 Å². The largest absolute Gasteiger partial charge is 0.389 e. The van der Waals surface area contributed by atoms with Crippen LogP contribution < -0.4 is 15.1 Å². The lowest BCUT2D eigenvalue weighted by Crippen LogP contribution is -2.42. The van der Waals surface area contributed by atoms with Crippen LogP contribution in [0.5, 0.6) is 0 Å². The number of morpholine rings is 1. The zero-order valence-corrected chi connectivity index (χ0v) is 17.9. The molecule has 0 bridgehead atoms. The Morgan fingerprint density at radius 1 is 1.30 bits per heavy atom. The molecule has 2 N–H and O–H groups in total. The van der Waals surface area contributed by atoms with Gasteiger partial charge in [-0.25, -0.2) is 0 Å². The molecule has 10 heteroatoms. The average molecular weight is 452 g/mol. The maximum atomic E-state index is 12.1. The second-order valence-electron chi connectivity index (χ2n) is 6.71. The molecular formula is C20H22ClN3O5S. The highest BCUT2D eigenvalue weighted by Gasteiger charge is 2.22. The maximum absolute atomic E-state index is 12.1. The summed E-state index contributed by atoms with van der Waals surface area (Å²) in [6.45, 7) is 2.40. The summed E-state index contributed by atoms with van der Waals surface area (Å²) in [5.74, 6) is -0.698. The van der Waals surface area contributed by atoms with E-state index in [0.717, 1.165) is 17.0 Å². The molecule has 1 aliphatic rings. The Morgan fingerprint density at radius 2 is 2.03 bits per heavy atom. The molecule has 0 aliphatic carbocycles. The maximum Gasteiger partial charge on any atom is 0.261 e. The van der Waals surface area contributed by atoms with Crippen molar-refractivity contribution in [3.05, 3.63) is 45.6 Å². The standard InChI is InChI=1S/C20H22ClN3O5S/c1-13(25)24(11-16(26)10-22-20(28)17-6-7-18(21)30-17)15-4-2-14(3-5-15)23-8-9-29-12-19(23)27/h2-7,16,26H,8-12H2,1H3,(H,22,28)/t16-/m0/s1. The van der Waals surface area contributed by atoms with Gasteiger partial charge in [0.1, 0.15) is 6.61 Å². The van der Waals surface area contributed by atoms with E-state index in [1.54, 1.807) is 41.3 Å². The number of hydrogen-bond acceptors (Lipinski definition) is 6. The van der Waals surface area contributed by atoms with Crippen LogP contribution in [-0.2, 0) is 14.3 Å². The number of halogens is 1. The molecule has 2 aromatic rings. The van der Waals surface area contributed by atoms with E-state index >= 15 is 0 Å². The van der Waals surface area contributed by atoms with Crippen molar-refractivity contribution in [1.82, 2.24) is 5.32 Å². The first-order chi connectivity index (χ1) is 14.3. The number of aliphatic hydroxyl groups is 1. The lowest BCUT2D eigenvalue weighted by Gasteiger charge is -2.28. The van der Waals surface area contributed by atoms with E-state index in [4.69, 9.17) is 16.3 Å². The van der Waals surface area contributed by atoms with Gasteiger partial charge in [-0.15, -0.1) is 11.3 Å². The zero-order valence-electron chi connectivity index (χ0n) is 16.3. The number of nitrogens with zero attached hydrogens (tertiary/aromatic N) is 2. The second-order valence-corrected chi connectivity index (χ2v) is 8.43. The molecule has 0 saturated carbocycles. The number of aliphatic hydroxyl groups excluding tert-OH is 1. The first-order valence-electron chi connectivity index (χ1n) is 9.33. The predicted octanol–water partition coefficient (Wildman–Crippen LogP) is 1.91. The Bertz CT molecular complexity index is 917. The van der Waals surface area contributed by atoms with Crippen LogP contribution in [0.3, 0.4) is 0 Å². The number of rotatable bonds is 7. The minimum absolute atomic E-state index is 0.0106. The Hall–Kier alpha value is -2.46. The summed E-state index contributed by atoms with van der Waals surface area (Å²) in [6, 6.07) is 10.2. The summed E-state index contributed by atoms with van der Waals surface area (Å²) < 4.78 is 5.64. The molecular weight excluding hydrogens is 430 g/mol. The third-order valence-electron chi connectivity index (χ3n) is 4.53. The fourth-order valence-corrected chi connectivity index (χ4v) is 3.99. The van der Waals surface area contributed by atoms with Crippen molar-refractivity contribution in [3.63, 3.8) is 0 Å². The molecule has 3 amide bonds.